The summed E-state index contributed by atoms with van der Waals surface area (Å²) in [5.74, 6) is 0. The Bertz CT molecular complexity index is 402. The van der Waals surface area contributed by atoms with E-state index in [1.165, 1.54) is 0 Å². The molecule has 0 aliphatic heterocycles. The highest BCUT2D eigenvalue weighted by Crippen LogP contribution is 2.11. The lowest BCUT2D eigenvalue weighted by atomic mass is 10.4. The van der Waals surface area contributed by atoms with E-state index in [4.69, 9.17) is 5.11 Å². The molecule has 0 saturated heterocycles. The zero-order chi connectivity index (χ0) is 11.3. The van der Waals surface area contributed by atoms with Crippen molar-refractivity contribution in [3.63, 3.8) is 0 Å². The van der Waals surface area contributed by atoms with Crippen LogP contribution in [-0.2, 0) is 10.0 Å². The van der Waals surface area contributed by atoms with Gasteiger partial charge in [-0.05, 0) is 53.3 Å². The molecule has 1 aromatic carbocycles. The van der Waals surface area contributed by atoms with Crippen LogP contribution in [0.25, 0.3) is 0 Å². The summed E-state index contributed by atoms with van der Waals surface area (Å²) in [5.41, 5.74) is 0. The molecule has 15 heavy (non-hydrogen) atoms. The third-order valence-electron chi connectivity index (χ3n) is 1.75. The number of aliphatic hydroxyl groups is 1. The average Bonchev–Trinajstić information content (AvgIpc) is 2.18. The second kappa shape index (κ2) is 5.78. The van der Waals surface area contributed by atoms with Gasteiger partial charge in [0.25, 0.3) is 0 Å². The summed E-state index contributed by atoms with van der Waals surface area (Å²) in [6, 6.07) is 6.59. The van der Waals surface area contributed by atoms with Crippen molar-refractivity contribution in [2.75, 3.05) is 13.2 Å². The topological polar surface area (TPSA) is 66.4 Å². The Kier molecular flexibility index (Phi) is 4.97. The third-order valence-corrected chi connectivity index (χ3v) is 3.95. The number of halogens is 1. The van der Waals surface area contributed by atoms with Gasteiger partial charge in [0.2, 0.25) is 10.0 Å². The minimum atomic E-state index is -3.41. The average molecular weight is 341 g/mol. The monoisotopic (exact) mass is 341 g/mol. The van der Waals surface area contributed by atoms with Crippen LogP contribution in [0.15, 0.2) is 29.2 Å². The predicted octanol–water partition coefficient (Wildman–Crippen LogP) is 0.952. The molecule has 0 saturated carbocycles. The lowest BCUT2D eigenvalue weighted by Gasteiger charge is -2.05. The second-order valence-electron chi connectivity index (χ2n) is 2.93. The Balaban J connectivity index is 2.73. The first-order chi connectivity index (χ1) is 7.06. The quantitative estimate of drug-likeness (QED) is 0.619. The van der Waals surface area contributed by atoms with Crippen LogP contribution in [0.5, 0.6) is 0 Å². The molecule has 0 heterocycles. The van der Waals surface area contributed by atoms with Gasteiger partial charge in [0.05, 0.1) is 4.90 Å². The van der Waals surface area contributed by atoms with Gasteiger partial charge < -0.3 is 5.11 Å². The zero-order valence-electron chi connectivity index (χ0n) is 7.98. The molecule has 6 heteroatoms. The molecule has 0 amide bonds. The fourth-order valence-corrected chi connectivity index (χ4v) is 2.42. The zero-order valence-corrected chi connectivity index (χ0v) is 11.0. The van der Waals surface area contributed by atoms with E-state index < -0.39 is 10.0 Å². The van der Waals surface area contributed by atoms with Gasteiger partial charge in [0, 0.05) is 16.7 Å². The molecule has 0 aromatic heterocycles. The van der Waals surface area contributed by atoms with Crippen LogP contribution in [0.1, 0.15) is 6.42 Å². The van der Waals surface area contributed by atoms with Crippen molar-refractivity contribution in [1.82, 2.24) is 4.72 Å². The van der Waals surface area contributed by atoms with Crippen LogP contribution in [0.4, 0.5) is 0 Å². The number of aliphatic hydroxyl groups excluding tert-OH is 1. The molecule has 0 spiro atoms. The maximum absolute atomic E-state index is 11.6. The standard InChI is InChI=1S/C9H12INO3S/c10-8-2-4-9(5-3-8)15(13,14)11-6-1-7-12/h2-5,11-12H,1,6-7H2. The summed E-state index contributed by atoms with van der Waals surface area (Å²) in [6.45, 7) is 0.236. The van der Waals surface area contributed by atoms with Crippen molar-refractivity contribution in [1.29, 1.82) is 0 Å². The Morgan fingerprint density at radius 1 is 1.27 bits per heavy atom. The maximum atomic E-state index is 11.6. The first-order valence-corrected chi connectivity index (χ1v) is 6.98. The number of sulfonamides is 1. The molecule has 0 fully saturated rings. The molecule has 0 aliphatic carbocycles. The lowest BCUT2D eigenvalue weighted by Crippen LogP contribution is -2.25. The summed E-state index contributed by atoms with van der Waals surface area (Å²) < 4.78 is 26.6. The summed E-state index contributed by atoms with van der Waals surface area (Å²) in [6.07, 6.45) is 0.420. The van der Waals surface area contributed by atoms with Crippen molar-refractivity contribution in [3.05, 3.63) is 27.8 Å². The molecule has 1 rings (SSSR count). The van der Waals surface area contributed by atoms with E-state index in [1.54, 1.807) is 24.3 Å². The molecule has 0 radical (unpaired) electrons. The number of nitrogens with one attached hydrogen (secondary N) is 1. The van der Waals surface area contributed by atoms with Crippen LogP contribution in [0, 0.1) is 3.57 Å². The first-order valence-electron chi connectivity index (χ1n) is 4.42. The second-order valence-corrected chi connectivity index (χ2v) is 5.94. The van der Waals surface area contributed by atoms with Crippen LogP contribution in [0.2, 0.25) is 0 Å². The molecule has 0 atom stereocenters. The summed E-state index contributed by atoms with van der Waals surface area (Å²) in [7, 11) is -3.41. The normalized spacial score (nSPS) is 11.6. The van der Waals surface area contributed by atoms with Crippen LogP contribution < -0.4 is 4.72 Å². The van der Waals surface area contributed by atoms with Gasteiger partial charge in [-0.2, -0.15) is 0 Å². The van der Waals surface area contributed by atoms with Gasteiger partial charge >= 0.3 is 0 Å². The fourth-order valence-electron chi connectivity index (χ4n) is 0.983. The van der Waals surface area contributed by atoms with Crippen molar-refractivity contribution in [3.8, 4) is 0 Å². The fraction of sp³-hybridized carbons (Fsp3) is 0.333. The van der Waals surface area contributed by atoms with E-state index >= 15 is 0 Å². The Morgan fingerprint density at radius 3 is 2.40 bits per heavy atom. The largest absolute Gasteiger partial charge is 0.396 e. The number of hydrogen-bond donors (Lipinski definition) is 2. The molecule has 0 bridgehead atoms. The molecule has 0 aliphatic rings. The van der Waals surface area contributed by atoms with Gasteiger partial charge in [0.15, 0.2) is 0 Å². The Labute approximate surface area is 103 Å². The Hall–Kier alpha value is -0.180. The highest BCUT2D eigenvalue weighted by atomic mass is 127. The van der Waals surface area contributed by atoms with Crippen LogP contribution in [0.3, 0.4) is 0 Å². The summed E-state index contributed by atoms with van der Waals surface area (Å²) in [5, 5.41) is 8.53. The van der Waals surface area contributed by atoms with Gasteiger partial charge in [0.1, 0.15) is 0 Å². The SMILES string of the molecule is O=S(=O)(NCCCO)c1ccc(I)cc1. The lowest BCUT2D eigenvalue weighted by molar-refractivity contribution is 0.289. The maximum Gasteiger partial charge on any atom is 0.240 e. The van der Waals surface area contributed by atoms with Gasteiger partial charge in [-0.25, -0.2) is 13.1 Å². The van der Waals surface area contributed by atoms with E-state index in [1.807, 2.05) is 0 Å². The van der Waals surface area contributed by atoms with Crippen LogP contribution >= 0.6 is 22.6 Å². The smallest absolute Gasteiger partial charge is 0.240 e. The molecule has 84 valence electrons. The predicted molar refractivity (Wildman–Crippen MR) is 66.1 cm³/mol. The van der Waals surface area contributed by atoms with E-state index in [0.717, 1.165) is 3.57 Å². The van der Waals surface area contributed by atoms with E-state index in [-0.39, 0.29) is 18.0 Å². The van der Waals surface area contributed by atoms with Crippen LogP contribution in [-0.4, -0.2) is 26.7 Å². The third kappa shape index (κ3) is 4.06. The van der Waals surface area contributed by atoms with E-state index in [9.17, 15) is 8.42 Å². The number of rotatable bonds is 5. The van der Waals surface area contributed by atoms with Gasteiger partial charge in [-0.15, -0.1) is 0 Å². The molecular weight excluding hydrogens is 329 g/mol. The minimum absolute atomic E-state index is 0.0186. The summed E-state index contributed by atoms with van der Waals surface area (Å²) >= 11 is 2.11. The Morgan fingerprint density at radius 2 is 1.87 bits per heavy atom. The van der Waals surface area contributed by atoms with E-state index in [0.29, 0.717) is 6.42 Å². The highest BCUT2D eigenvalue weighted by molar-refractivity contribution is 14.1. The van der Waals surface area contributed by atoms with Crippen molar-refractivity contribution < 1.29 is 13.5 Å². The number of hydrogen-bond acceptors (Lipinski definition) is 3. The molecule has 1 aromatic rings. The van der Waals surface area contributed by atoms with Gasteiger partial charge in [-0.1, -0.05) is 0 Å². The highest BCUT2D eigenvalue weighted by Gasteiger charge is 2.12. The first kappa shape index (κ1) is 12.9. The summed E-state index contributed by atoms with van der Waals surface area (Å²) in [4.78, 5) is 0.251. The molecule has 4 nitrogen and oxygen atoms in total. The van der Waals surface area contributed by atoms with Gasteiger partial charge in [-0.3, -0.25) is 0 Å². The molecule has 0 unspecified atom stereocenters. The number of benzene rings is 1. The van der Waals surface area contributed by atoms with Crippen molar-refractivity contribution in [2.24, 2.45) is 0 Å². The van der Waals surface area contributed by atoms with Crippen molar-refractivity contribution >= 4 is 32.6 Å². The van der Waals surface area contributed by atoms with Crippen molar-refractivity contribution in [2.45, 2.75) is 11.3 Å². The minimum Gasteiger partial charge on any atom is -0.396 e. The molecular formula is C9H12INO3S. The molecule has 2 N–H and O–H groups in total. The van der Waals surface area contributed by atoms with E-state index in [2.05, 4.69) is 27.3 Å².